The van der Waals surface area contributed by atoms with E-state index in [-0.39, 0.29) is 5.56 Å². The van der Waals surface area contributed by atoms with E-state index in [2.05, 4.69) is 4.98 Å². The second-order valence-corrected chi connectivity index (χ2v) is 6.17. The number of nitrogens with one attached hydrogen (secondary N) is 2. The highest BCUT2D eigenvalue weighted by molar-refractivity contribution is 7.99. The molecule has 0 fully saturated rings. The number of amides is 2. The van der Waals surface area contributed by atoms with E-state index in [1.807, 2.05) is 16.6 Å². The lowest BCUT2D eigenvalue weighted by Crippen LogP contribution is -2.47. The standard InChI is InChI=1S/C17H17F3N4O3S/c1-27-14-8-11(15(25)22-23-16(26)17(18,19)20)5-6-12(14)10-24(28-2)13-4-3-7-21-9-13/h3-9H,10H2,1-2H3,(H,22,25)(H,23,26). The number of benzene rings is 1. The van der Waals surface area contributed by atoms with Gasteiger partial charge in [-0.25, -0.2) is 0 Å². The second-order valence-electron chi connectivity index (χ2n) is 5.36. The number of hydrogen-bond donors (Lipinski definition) is 2. The topological polar surface area (TPSA) is 83.6 Å². The van der Waals surface area contributed by atoms with Gasteiger partial charge in [0.1, 0.15) is 5.75 Å². The lowest BCUT2D eigenvalue weighted by molar-refractivity contribution is -0.174. The van der Waals surface area contributed by atoms with Crippen molar-refractivity contribution in [2.45, 2.75) is 12.7 Å². The molecule has 7 nitrogen and oxygen atoms in total. The van der Waals surface area contributed by atoms with Crippen LogP contribution in [0.1, 0.15) is 15.9 Å². The molecule has 2 rings (SSSR count). The Balaban J connectivity index is 2.13. The first-order valence-corrected chi connectivity index (χ1v) is 9.00. The van der Waals surface area contributed by atoms with Crippen molar-refractivity contribution in [2.24, 2.45) is 0 Å². The first-order chi connectivity index (χ1) is 13.3. The molecule has 2 N–H and O–H groups in total. The van der Waals surface area contributed by atoms with E-state index in [1.54, 1.807) is 30.0 Å². The molecule has 0 bridgehead atoms. The van der Waals surface area contributed by atoms with E-state index in [9.17, 15) is 22.8 Å². The fourth-order valence-corrected chi connectivity index (χ4v) is 2.78. The summed E-state index contributed by atoms with van der Waals surface area (Å²) in [5.41, 5.74) is 4.67. The highest BCUT2D eigenvalue weighted by Gasteiger charge is 2.39. The van der Waals surface area contributed by atoms with Crippen molar-refractivity contribution < 1.29 is 27.5 Å². The Kier molecular flexibility index (Phi) is 7.10. The number of carbonyl (C=O) groups is 2. The molecule has 2 amide bonds. The molecular weight excluding hydrogens is 397 g/mol. The SMILES string of the molecule is COc1cc(C(=O)NNC(=O)C(F)(F)F)ccc1CN(SC)c1cccnc1. The van der Waals surface area contributed by atoms with Gasteiger partial charge in [0.2, 0.25) is 0 Å². The predicted octanol–water partition coefficient (Wildman–Crippen LogP) is 2.70. The number of rotatable bonds is 6. The number of pyridine rings is 1. The van der Waals surface area contributed by atoms with Gasteiger partial charge >= 0.3 is 12.1 Å². The Labute approximate surface area is 163 Å². The average molecular weight is 414 g/mol. The van der Waals surface area contributed by atoms with Gasteiger partial charge in [0, 0.05) is 23.6 Å². The number of ether oxygens (including phenoxy) is 1. The van der Waals surface area contributed by atoms with E-state index in [0.29, 0.717) is 12.3 Å². The summed E-state index contributed by atoms with van der Waals surface area (Å²) in [6.07, 6.45) is 0.161. The highest BCUT2D eigenvalue weighted by Crippen LogP contribution is 2.27. The summed E-state index contributed by atoms with van der Waals surface area (Å²) in [5.74, 6) is -2.80. The van der Waals surface area contributed by atoms with Crippen molar-refractivity contribution >= 4 is 29.4 Å². The molecule has 0 unspecified atom stereocenters. The quantitative estimate of drug-likeness (QED) is 0.559. The average Bonchev–Trinajstić information content (AvgIpc) is 2.69. The molecule has 11 heteroatoms. The van der Waals surface area contributed by atoms with E-state index in [0.717, 1.165) is 11.3 Å². The van der Waals surface area contributed by atoms with Crippen LogP contribution in [0.2, 0.25) is 0 Å². The monoisotopic (exact) mass is 414 g/mol. The van der Waals surface area contributed by atoms with Gasteiger partial charge in [0.05, 0.1) is 25.5 Å². The number of anilines is 1. The molecule has 0 radical (unpaired) electrons. The largest absolute Gasteiger partial charge is 0.496 e. The Morgan fingerprint density at radius 1 is 1.25 bits per heavy atom. The van der Waals surface area contributed by atoms with Crippen molar-refractivity contribution in [1.29, 1.82) is 0 Å². The maximum Gasteiger partial charge on any atom is 0.472 e. The van der Waals surface area contributed by atoms with Crippen molar-refractivity contribution in [1.82, 2.24) is 15.8 Å². The van der Waals surface area contributed by atoms with Gasteiger partial charge in [-0.1, -0.05) is 18.0 Å². The summed E-state index contributed by atoms with van der Waals surface area (Å²) in [4.78, 5) is 26.8. The third-order valence-corrected chi connectivity index (χ3v) is 4.35. The number of alkyl halides is 3. The van der Waals surface area contributed by atoms with Crippen molar-refractivity contribution in [3.05, 3.63) is 53.9 Å². The number of carbonyl (C=O) groups excluding carboxylic acids is 2. The third kappa shape index (κ3) is 5.52. The van der Waals surface area contributed by atoms with Gasteiger partial charge in [0.25, 0.3) is 5.91 Å². The van der Waals surface area contributed by atoms with Crippen LogP contribution in [0.3, 0.4) is 0 Å². The molecular formula is C17H17F3N4O3S. The number of methoxy groups -OCH3 is 1. The minimum absolute atomic E-state index is 0.0279. The zero-order valence-corrected chi connectivity index (χ0v) is 15.7. The minimum Gasteiger partial charge on any atom is -0.496 e. The summed E-state index contributed by atoms with van der Waals surface area (Å²) in [6, 6.07) is 8.12. The highest BCUT2D eigenvalue weighted by atomic mass is 32.2. The summed E-state index contributed by atoms with van der Waals surface area (Å²) in [6.45, 7) is 0.433. The summed E-state index contributed by atoms with van der Waals surface area (Å²) in [5, 5.41) is 0. The zero-order valence-electron chi connectivity index (χ0n) is 14.9. The fraction of sp³-hybridized carbons (Fsp3) is 0.235. The molecule has 2 aromatic rings. The van der Waals surface area contributed by atoms with Gasteiger partial charge < -0.3 is 9.04 Å². The molecule has 0 aliphatic rings. The van der Waals surface area contributed by atoms with Crippen LogP contribution < -0.4 is 19.9 Å². The number of hydrogen-bond acceptors (Lipinski definition) is 6. The summed E-state index contributed by atoms with van der Waals surface area (Å²) in [7, 11) is 1.42. The summed E-state index contributed by atoms with van der Waals surface area (Å²) < 4.78 is 43.8. The lowest BCUT2D eigenvalue weighted by atomic mass is 10.1. The Hall–Kier alpha value is -2.95. The minimum atomic E-state index is -5.09. The third-order valence-electron chi connectivity index (χ3n) is 3.56. The van der Waals surface area contributed by atoms with Gasteiger partial charge in [-0.05, 0) is 24.3 Å². The molecule has 0 aliphatic carbocycles. The first kappa shape index (κ1) is 21.4. The van der Waals surface area contributed by atoms with Crippen LogP contribution in [0.4, 0.5) is 18.9 Å². The van der Waals surface area contributed by atoms with Crippen LogP contribution >= 0.6 is 11.9 Å². The molecule has 0 atom stereocenters. The number of nitrogens with zero attached hydrogens (tertiary/aromatic N) is 2. The lowest BCUT2D eigenvalue weighted by Gasteiger charge is -2.22. The molecule has 1 heterocycles. The van der Waals surface area contributed by atoms with Crippen LogP contribution in [0.25, 0.3) is 0 Å². The number of aromatic nitrogens is 1. The van der Waals surface area contributed by atoms with E-state index in [4.69, 9.17) is 4.74 Å². The van der Waals surface area contributed by atoms with Crippen LogP contribution in [0.5, 0.6) is 5.75 Å². The van der Waals surface area contributed by atoms with Crippen LogP contribution in [0, 0.1) is 0 Å². The van der Waals surface area contributed by atoms with Crippen molar-refractivity contribution in [2.75, 3.05) is 17.7 Å². The Bertz CT molecular complexity index is 834. The number of hydrazine groups is 1. The van der Waals surface area contributed by atoms with Crippen molar-refractivity contribution in [3.8, 4) is 5.75 Å². The van der Waals surface area contributed by atoms with Crippen LogP contribution in [-0.2, 0) is 11.3 Å². The van der Waals surface area contributed by atoms with Gasteiger partial charge in [-0.2, -0.15) is 13.2 Å². The van der Waals surface area contributed by atoms with Gasteiger partial charge in [-0.3, -0.25) is 25.4 Å². The zero-order chi connectivity index (χ0) is 20.7. The summed E-state index contributed by atoms with van der Waals surface area (Å²) >= 11 is 1.47. The Morgan fingerprint density at radius 2 is 2.00 bits per heavy atom. The second kappa shape index (κ2) is 9.31. The fourth-order valence-electron chi connectivity index (χ4n) is 2.19. The molecule has 0 saturated heterocycles. The smallest absolute Gasteiger partial charge is 0.472 e. The normalized spacial score (nSPS) is 10.9. The molecule has 0 saturated carbocycles. The van der Waals surface area contributed by atoms with E-state index >= 15 is 0 Å². The van der Waals surface area contributed by atoms with Gasteiger partial charge in [0.15, 0.2) is 0 Å². The van der Waals surface area contributed by atoms with Crippen LogP contribution in [0.15, 0.2) is 42.7 Å². The Morgan fingerprint density at radius 3 is 2.57 bits per heavy atom. The molecule has 0 spiro atoms. The van der Waals surface area contributed by atoms with E-state index in [1.165, 1.54) is 36.6 Å². The molecule has 150 valence electrons. The van der Waals surface area contributed by atoms with Crippen molar-refractivity contribution in [3.63, 3.8) is 0 Å². The predicted molar refractivity (Wildman–Crippen MR) is 98.6 cm³/mol. The maximum atomic E-state index is 12.2. The van der Waals surface area contributed by atoms with E-state index < -0.39 is 18.0 Å². The molecule has 28 heavy (non-hydrogen) atoms. The number of halogens is 3. The molecule has 0 aliphatic heterocycles. The van der Waals surface area contributed by atoms with Crippen LogP contribution in [-0.4, -0.2) is 36.3 Å². The molecule has 1 aromatic carbocycles. The van der Waals surface area contributed by atoms with Gasteiger partial charge in [-0.15, -0.1) is 0 Å². The maximum absolute atomic E-state index is 12.2. The first-order valence-electron chi connectivity index (χ1n) is 7.82. The molecule has 1 aromatic heterocycles.